The molecule has 2 heterocycles. The first kappa shape index (κ1) is 5.97. The molecule has 50 valence electrons. The highest BCUT2D eigenvalue weighted by Gasteiger charge is 2.14. The molecule has 0 aromatic rings. The number of rotatable bonds is 0. The first-order valence-corrected chi connectivity index (χ1v) is 3.78. The van der Waals surface area contributed by atoms with Gasteiger partial charge in [0.25, 0.3) is 0 Å². The Kier molecular flexibility index (Phi) is 1.27. The number of halogens is 1. The predicted octanol–water partition coefficient (Wildman–Crippen LogP) is 1.16. The van der Waals surface area contributed by atoms with Gasteiger partial charge >= 0.3 is 0 Å². The molecule has 0 radical (unpaired) electrons. The Morgan fingerprint density at radius 3 is 3.20 bits per heavy atom. The molecular weight excluding hydrogens is 194 g/mol. The van der Waals surface area contributed by atoms with Crippen molar-refractivity contribution in [1.29, 1.82) is 0 Å². The van der Waals surface area contributed by atoms with E-state index in [-0.39, 0.29) is 4.83 Å². The van der Waals surface area contributed by atoms with Crippen LogP contribution >= 0.6 is 15.9 Å². The Labute approximate surface area is 66.4 Å². The monoisotopic (exact) mass is 197 g/mol. The molecule has 0 aliphatic carbocycles. The van der Waals surface area contributed by atoms with Crippen LogP contribution in [-0.2, 0) is 0 Å². The van der Waals surface area contributed by atoms with E-state index in [4.69, 9.17) is 0 Å². The molecule has 0 bridgehead atoms. The average Bonchev–Trinajstić information content (AvgIpc) is 2.33. The summed E-state index contributed by atoms with van der Waals surface area (Å²) < 4.78 is 0. The minimum absolute atomic E-state index is 0.205. The van der Waals surface area contributed by atoms with E-state index >= 15 is 0 Å². The molecule has 1 atom stereocenters. The van der Waals surface area contributed by atoms with Gasteiger partial charge in [0, 0.05) is 6.21 Å². The van der Waals surface area contributed by atoms with E-state index in [1.54, 1.807) is 6.21 Å². The fourth-order valence-corrected chi connectivity index (χ4v) is 1.19. The Bertz CT molecular complexity index is 275. The van der Waals surface area contributed by atoms with E-state index in [0.29, 0.717) is 0 Å². The van der Waals surface area contributed by atoms with Crippen LogP contribution in [0.3, 0.4) is 0 Å². The van der Waals surface area contributed by atoms with Crippen LogP contribution in [0, 0.1) is 0 Å². The van der Waals surface area contributed by atoms with Gasteiger partial charge in [-0.15, -0.1) is 0 Å². The van der Waals surface area contributed by atoms with Crippen LogP contribution in [0.1, 0.15) is 0 Å². The van der Waals surface area contributed by atoms with Gasteiger partial charge in [0.15, 0.2) is 5.84 Å². The Hall–Kier alpha value is -0.770. The third-order valence-electron chi connectivity index (χ3n) is 1.26. The molecule has 0 aromatic carbocycles. The van der Waals surface area contributed by atoms with E-state index in [1.165, 1.54) is 6.34 Å². The summed E-state index contributed by atoms with van der Waals surface area (Å²) >= 11 is 3.37. The highest BCUT2D eigenvalue weighted by Crippen LogP contribution is 2.15. The molecule has 2 rings (SSSR count). The molecule has 0 spiro atoms. The molecule has 10 heavy (non-hydrogen) atoms. The van der Waals surface area contributed by atoms with Crippen LogP contribution < -0.4 is 0 Å². The molecule has 3 nitrogen and oxygen atoms in total. The highest BCUT2D eigenvalue weighted by molar-refractivity contribution is 9.10. The summed E-state index contributed by atoms with van der Waals surface area (Å²) in [6.45, 7) is 0. The maximum Gasteiger partial charge on any atom is 0.179 e. The standard InChI is InChI=1S/C6H4BrN3/c7-4-1-5-6(8-2-4)10-3-9-5/h1-4H/t4-/m1/s1. The number of alkyl halides is 1. The Balaban J connectivity index is 2.41. The van der Waals surface area contributed by atoms with E-state index in [2.05, 4.69) is 30.9 Å². The summed E-state index contributed by atoms with van der Waals surface area (Å²) in [6.07, 6.45) is 5.27. The van der Waals surface area contributed by atoms with Crippen LogP contribution in [0.2, 0.25) is 0 Å². The second-order valence-electron chi connectivity index (χ2n) is 1.97. The minimum Gasteiger partial charge on any atom is -0.238 e. The van der Waals surface area contributed by atoms with Crippen LogP contribution in [-0.4, -0.2) is 23.2 Å². The lowest BCUT2D eigenvalue weighted by molar-refractivity contribution is 1.37. The maximum atomic E-state index is 4.06. The lowest BCUT2D eigenvalue weighted by Crippen LogP contribution is -2.07. The molecule has 4 heteroatoms. The Morgan fingerprint density at radius 1 is 1.40 bits per heavy atom. The summed E-state index contributed by atoms with van der Waals surface area (Å²) in [5.74, 6) is 0.718. The topological polar surface area (TPSA) is 37.1 Å². The number of hydrogen-bond acceptors (Lipinski definition) is 3. The first-order chi connectivity index (χ1) is 4.86. The zero-order valence-electron chi connectivity index (χ0n) is 5.03. The van der Waals surface area contributed by atoms with Crippen molar-refractivity contribution in [2.75, 3.05) is 0 Å². The Morgan fingerprint density at radius 2 is 2.30 bits per heavy atom. The quantitative estimate of drug-likeness (QED) is 0.523. The lowest BCUT2D eigenvalue weighted by atomic mass is 10.3. The zero-order chi connectivity index (χ0) is 6.97. The van der Waals surface area contributed by atoms with Gasteiger partial charge in [-0.3, -0.25) is 0 Å². The number of fused-ring (bicyclic) bond motifs is 1. The van der Waals surface area contributed by atoms with Crippen molar-refractivity contribution in [2.45, 2.75) is 4.83 Å². The fourth-order valence-electron chi connectivity index (χ4n) is 0.822. The van der Waals surface area contributed by atoms with Crippen molar-refractivity contribution >= 4 is 34.3 Å². The fraction of sp³-hybridized carbons (Fsp3) is 0.167. The zero-order valence-corrected chi connectivity index (χ0v) is 6.62. The summed E-state index contributed by atoms with van der Waals surface area (Å²) in [6, 6.07) is 0. The summed E-state index contributed by atoms with van der Waals surface area (Å²) in [5, 5.41) is 0. The van der Waals surface area contributed by atoms with Crippen molar-refractivity contribution in [3.63, 3.8) is 0 Å². The molecule has 0 fully saturated rings. The van der Waals surface area contributed by atoms with Crippen molar-refractivity contribution in [1.82, 2.24) is 0 Å². The van der Waals surface area contributed by atoms with Crippen molar-refractivity contribution in [2.24, 2.45) is 15.0 Å². The summed E-state index contributed by atoms with van der Waals surface area (Å²) in [5.41, 5.74) is 0.865. The van der Waals surface area contributed by atoms with E-state index in [0.717, 1.165) is 11.5 Å². The molecule has 0 saturated heterocycles. The SMILES string of the molecule is Br[C@H]1C=NC2=NC=NC2=C1. The first-order valence-electron chi connectivity index (χ1n) is 2.87. The van der Waals surface area contributed by atoms with Crippen molar-refractivity contribution in [3.8, 4) is 0 Å². The normalized spacial score (nSPS) is 27.9. The van der Waals surface area contributed by atoms with Crippen LogP contribution in [0.5, 0.6) is 0 Å². The maximum absolute atomic E-state index is 4.06. The van der Waals surface area contributed by atoms with Gasteiger partial charge in [-0.25, -0.2) is 15.0 Å². The number of dihydropyridines is 1. The smallest absolute Gasteiger partial charge is 0.179 e. The van der Waals surface area contributed by atoms with Gasteiger partial charge in [0.1, 0.15) is 12.0 Å². The number of aliphatic imine (C=N–C) groups is 3. The number of allylic oxidation sites excluding steroid dienone is 1. The second-order valence-corrected chi connectivity index (χ2v) is 3.03. The number of amidine groups is 1. The van der Waals surface area contributed by atoms with Crippen molar-refractivity contribution in [3.05, 3.63) is 11.8 Å². The largest absolute Gasteiger partial charge is 0.238 e. The van der Waals surface area contributed by atoms with Crippen LogP contribution in [0.25, 0.3) is 0 Å². The molecule has 0 aromatic heterocycles. The van der Waals surface area contributed by atoms with Crippen LogP contribution in [0.4, 0.5) is 0 Å². The molecular formula is C6H4BrN3. The number of hydrogen-bond donors (Lipinski definition) is 0. The van der Waals surface area contributed by atoms with Gasteiger partial charge in [0.2, 0.25) is 0 Å². The molecule has 0 saturated carbocycles. The molecule has 0 unspecified atom stereocenters. The van der Waals surface area contributed by atoms with E-state index in [1.807, 2.05) is 6.08 Å². The van der Waals surface area contributed by atoms with E-state index < -0.39 is 0 Å². The lowest BCUT2D eigenvalue weighted by Gasteiger charge is -2.03. The van der Waals surface area contributed by atoms with Crippen LogP contribution in [0.15, 0.2) is 26.8 Å². The average molecular weight is 198 g/mol. The third-order valence-corrected chi connectivity index (χ3v) is 1.76. The molecule has 2 aliphatic rings. The summed E-state index contributed by atoms with van der Waals surface area (Å²) in [4.78, 5) is 12.2. The molecule has 2 aliphatic heterocycles. The molecule has 0 amide bonds. The number of nitrogens with zero attached hydrogens (tertiary/aromatic N) is 3. The van der Waals surface area contributed by atoms with Gasteiger partial charge in [-0.05, 0) is 6.08 Å². The summed E-state index contributed by atoms with van der Waals surface area (Å²) in [7, 11) is 0. The predicted molar refractivity (Wildman–Crippen MR) is 45.2 cm³/mol. The van der Waals surface area contributed by atoms with Crippen molar-refractivity contribution < 1.29 is 0 Å². The minimum atomic E-state index is 0.205. The van der Waals surface area contributed by atoms with Gasteiger partial charge in [-0.1, -0.05) is 15.9 Å². The second kappa shape index (κ2) is 2.12. The third kappa shape index (κ3) is 0.844. The van der Waals surface area contributed by atoms with Gasteiger partial charge in [-0.2, -0.15) is 0 Å². The van der Waals surface area contributed by atoms with E-state index in [9.17, 15) is 0 Å². The van der Waals surface area contributed by atoms with Gasteiger partial charge in [0.05, 0.1) is 4.83 Å². The molecule has 0 N–H and O–H groups in total. The highest BCUT2D eigenvalue weighted by atomic mass is 79.9. The van der Waals surface area contributed by atoms with Gasteiger partial charge < -0.3 is 0 Å².